The molecule has 1 aliphatic rings. The summed E-state index contributed by atoms with van der Waals surface area (Å²) < 4.78 is 0. The van der Waals surface area contributed by atoms with Gasteiger partial charge in [-0.2, -0.15) is 0 Å². The van der Waals surface area contributed by atoms with Gasteiger partial charge in [0, 0.05) is 31.1 Å². The van der Waals surface area contributed by atoms with Crippen LogP contribution in [0.15, 0.2) is 22.5 Å². The first kappa shape index (κ1) is 18.3. The van der Waals surface area contributed by atoms with E-state index < -0.39 is 0 Å². The number of likely N-dealkylation sites (tertiary alicyclic amines) is 1. The molecule has 0 bridgehead atoms. The van der Waals surface area contributed by atoms with E-state index >= 15 is 0 Å². The van der Waals surface area contributed by atoms with Crippen LogP contribution in [0.3, 0.4) is 0 Å². The summed E-state index contributed by atoms with van der Waals surface area (Å²) in [6, 6.07) is 4.34. The molecule has 0 saturated carbocycles. The van der Waals surface area contributed by atoms with Gasteiger partial charge in [-0.25, -0.2) is 0 Å². The van der Waals surface area contributed by atoms with Crippen LogP contribution in [0.1, 0.15) is 32.1 Å². The van der Waals surface area contributed by atoms with Crippen LogP contribution in [0, 0.1) is 11.8 Å². The summed E-state index contributed by atoms with van der Waals surface area (Å²) in [7, 11) is 0. The largest absolute Gasteiger partial charge is 0.357 e. The number of hydrogen-bond donors (Lipinski definition) is 2. The summed E-state index contributed by atoms with van der Waals surface area (Å²) in [5.41, 5.74) is 0. The van der Waals surface area contributed by atoms with Crippen molar-refractivity contribution < 1.29 is 0 Å². The molecule has 1 fully saturated rings. The molecular formula is C18H32N4S. The van der Waals surface area contributed by atoms with Gasteiger partial charge in [-0.15, -0.1) is 11.3 Å². The first-order valence-electron chi connectivity index (χ1n) is 8.98. The second-order valence-electron chi connectivity index (χ2n) is 6.54. The zero-order valence-corrected chi connectivity index (χ0v) is 15.7. The maximum absolute atomic E-state index is 4.78. The molecule has 0 spiro atoms. The van der Waals surface area contributed by atoms with E-state index in [1.807, 2.05) is 11.3 Å². The van der Waals surface area contributed by atoms with Crippen molar-refractivity contribution in [2.75, 3.05) is 39.3 Å². The summed E-state index contributed by atoms with van der Waals surface area (Å²) in [4.78, 5) is 8.76. The molecule has 2 N–H and O–H groups in total. The Morgan fingerprint density at radius 2 is 2.30 bits per heavy atom. The van der Waals surface area contributed by atoms with E-state index in [2.05, 4.69) is 53.8 Å². The van der Waals surface area contributed by atoms with Crippen molar-refractivity contribution in [3.05, 3.63) is 22.4 Å². The molecule has 0 aliphatic carbocycles. The maximum atomic E-state index is 4.78. The van der Waals surface area contributed by atoms with Crippen LogP contribution < -0.4 is 10.6 Å². The zero-order chi connectivity index (χ0) is 16.5. The molecule has 0 amide bonds. The molecule has 1 aliphatic heterocycles. The zero-order valence-electron chi connectivity index (χ0n) is 14.8. The van der Waals surface area contributed by atoms with Crippen molar-refractivity contribution >= 4 is 17.3 Å². The van der Waals surface area contributed by atoms with Gasteiger partial charge in [0.1, 0.15) is 0 Å². The quantitative estimate of drug-likeness (QED) is 0.566. The lowest BCUT2D eigenvalue weighted by Gasteiger charge is -2.17. The van der Waals surface area contributed by atoms with Crippen LogP contribution in [0.2, 0.25) is 0 Å². The normalized spacial score (nSPS) is 20.7. The Balaban J connectivity index is 1.75. The minimum atomic E-state index is 0.575. The fourth-order valence-electron chi connectivity index (χ4n) is 3.03. The Labute approximate surface area is 145 Å². The maximum Gasteiger partial charge on any atom is 0.191 e. The van der Waals surface area contributed by atoms with Crippen LogP contribution in [0.4, 0.5) is 0 Å². The Morgan fingerprint density at radius 1 is 1.43 bits per heavy atom. The predicted octanol–water partition coefficient (Wildman–Crippen LogP) is 2.82. The Bertz CT molecular complexity index is 458. The van der Waals surface area contributed by atoms with Gasteiger partial charge < -0.3 is 15.5 Å². The molecule has 2 heterocycles. The molecule has 0 radical (unpaired) electrons. The topological polar surface area (TPSA) is 39.7 Å². The van der Waals surface area contributed by atoms with E-state index in [4.69, 9.17) is 4.99 Å². The van der Waals surface area contributed by atoms with Crippen LogP contribution >= 0.6 is 11.3 Å². The van der Waals surface area contributed by atoms with Crippen LogP contribution in [-0.4, -0.2) is 50.1 Å². The van der Waals surface area contributed by atoms with Crippen molar-refractivity contribution in [1.29, 1.82) is 0 Å². The van der Waals surface area contributed by atoms with Gasteiger partial charge in [-0.1, -0.05) is 19.9 Å². The highest BCUT2D eigenvalue weighted by molar-refractivity contribution is 7.09. The second kappa shape index (κ2) is 9.93. The van der Waals surface area contributed by atoms with E-state index in [1.165, 1.54) is 30.9 Å². The molecule has 2 unspecified atom stereocenters. The number of hydrogen-bond acceptors (Lipinski definition) is 3. The number of aliphatic imine (C=N–C) groups is 1. The van der Waals surface area contributed by atoms with Gasteiger partial charge in [0.05, 0.1) is 0 Å². The summed E-state index contributed by atoms with van der Waals surface area (Å²) in [5, 5.41) is 9.06. The minimum Gasteiger partial charge on any atom is -0.357 e. The number of nitrogens with one attached hydrogen (secondary N) is 2. The van der Waals surface area contributed by atoms with E-state index in [-0.39, 0.29) is 0 Å². The lowest BCUT2D eigenvalue weighted by molar-refractivity contribution is 0.341. The van der Waals surface area contributed by atoms with Gasteiger partial charge in [-0.05, 0) is 56.1 Å². The van der Waals surface area contributed by atoms with E-state index in [0.717, 1.165) is 37.9 Å². The van der Waals surface area contributed by atoms with Crippen molar-refractivity contribution in [1.82, 2.24) is 15.5 Å². The number of nitrogens with zero attached hydrogens (tertiary/aromatic N) is 2. The van der Waals surface area contributed by atoms with E-state index in [1.54, 1.807) is 0 Å². The molecule has 5 heteroatoms. The fraction of sp³-hybridized carbons (Fsp3) is 0.722. The second-order valence-corrected chi connectivity index (χ2v) is 7.57. The van der Waals surface area contributed by atoms with Gasteiger partial charge in [0.2, 0.25) is 0 Å². The minimum absolute atomic E-state index is 0.575. The molecule has 4 nitrogen and oxygen atoms in total. The lowest BCUT2D eigenvalue weighted by Crippen LogP contribution is -2.40. The lowest BCUT2D eigenvalue weighted by atomic mass is 10.1. The monoisotopic (exact) mass is 336 g/mol. The van der Waals surface area contributed by atoms with Gasteiger partial charge >= 0.3 is 0 Å². The third-order valence-electron chi connectivity index (χ3n) is 4.41. The summed E-state index contributed by atoms with van der Waals surface area (Å²) in [6.07, 6.45) is 2.42. The standard InChI is InChI=1S/C18H32N4S/c1-4-19-18(21-13-16-8-9-22(5-2)14-16)20-12-15(3)11-17-7-6-10-23-17/h6-7,10,15-16H,4-5,8-9,11-14H2,1-3H3,(H2,19,20,21). The van der Waals surface area contributed by atoms with Gasteiger partial charge in [0.15, 0.2) is 5.96 Å². The van der Waals surface area contributed by atoms with Crippen LogP contribution in [-0.2, 0) is 6.42 Å². The summed E-state index contributed by atoms with van der Waals surface area (Å²) in [5.74, 6) is 2.30. The van der Waals surface area contributed by atoms with Crippen molar-refractivity contribution in [3.63, 3.8) is 0 Å². The van der Waals surface area contributed by atoms with Crippen molar-refractivity contribution in [2.45, 2.75) is 33.6 Å². The molecule has 2 atom stereocenters. The number of thiophene rings is 1. The first-order chi connectivity index (χ1) is 11.2. The average Bonchev–Trinajstić information content (AvgIpc) is 3.21. The summed E-state index contributed by atoms with van der Waals surface area (Å²) in [6.45, 7) is 13.1. The van der Waals surface area contributed by atoms with Crippen LogP contribution in [0.25, 0.3) is 0 Å². The molecule has 1 aromatic heterocycles. The Kier molecular flexibility index (Phi) is 7.89. The highest BCUT2D eigenvalue weighted by Gasteiger charge is 2.20. The molecule has 1 saturated heterocycles. The van der Waals surface area contributed by atoms with E-state index in [9.17, 15) is 0 Å². The SMILES string of the molecule is CCNC(=NCC(C)Cc1cccs1)NCC1CCN(CC)C1. The van der Waals surface area contributed by atoms with Crippen molar-refractivity contribution in [3.8, 4) is 0 Å². The smallest absolute Gasteiger partial charge is 0.191 e. The summed E-state index contributed by atoms with van der Waals surface area (Å²) >= 11 is 1.84. The predicted molar refractivity (Wildman–Crippen MR) is 101 cm³/mol. The third-order valence-corrected chi connectivity index (χ3v) is 5.31. The third kappa shape index (κ3) is 6.51. The number of guanidine groups is 1. The van der Waals surface area contributed by atoms with Gasteiger partial charge in [-0.3, -0.25) is 4.99 Å². The molecule has 2 rings (SSSR count). The van der Waals surface area contributed by atoms with Crippen molar-refractivity contribution in [2.24, 2.45) is 16.8 Å². The first-order valence-corrected chi connectivity index (χ1v) is 9.86. The molecule has 0 aromatic carbocycles. The molecule has 23 heavy (non-hydrogen) atoms. The highest BCUT2D eigenvalue weighted by Crippen LogP contribution is 2.15. The number of rotatable bonds is 8. The Hall–Kier alpha value is -1.07. The van der Waals surface area contributed by atoms with Crippen LogP contribution in [0.5, 0.6) is 0 Å². The van der Waals surface area contributed by atoms with E-state index in [0.29, 0.717) is 5.92 Å². The molecular weight excluding hydrogens is 304 g/mol. The fourth-order valence-corrected chi connectivity index (χ4v) is 3.90. The molecule has 130 valence electrons. The van der Waals surface area contributed by atoms with Gasteiger partial charge in [0.25, 0.3) is 0 Å². The highest BCUT2D eigenvalue weighted by atomic mass is 32.1. The average molecular weight is 337 g/mol. The molecule has 1 aromatic rings. The Morgan fingerprint density at radius 3 is 2.96 bits per heavy atom.